The van der Waals surface area contributed by atoms with Gasteiger partial charge in [-0.05, 0) is 61.4 Å². The van der Waals surface area contributed by atoms with Crippen LogP contribution in [0, 0.1) is 13.8 Å². The number of amides is 2. The van der Waals surface area contributed by atoms with Crippen molar-refractivity contribution < 1.29 is 9.59 Å². The number of aromatic nitrogens is 1. The van der Waals surface area contributed by atoms with Crippen LogP contribution in [0.5, 0.6) is 0 Å². The van der Waals surface area contributed by atoms with Gasteiger partial charge in [0.25, 0.3) is 5.91 Å². The number of fused-ring (bicyclic) bond motifs is 1. The Morgan fingerprint density at radius 2 is 1.81 bits per heavy atom. The summed E-state index contributed by atoms with van der Waals surface area (Å²) in [7, 11) is 0. The van der Waals surface area contributed by atoms with E-state index in [0.717, 1.165) is 32.2 Å². The highest BCUT2D eigenvalue weighted by Gasteiger charge is 2.11. The van der Waals surface area contributed by atoms with Crippen LogP contribution in [0.1, 0.15) is 28.0 Å². The van der Waals surface area contributed by atoms with Crippen molar-refractivity contribution in [3.63, 3.8) is 0 Å². The van der Waals surface area contributed by atoms with Crippen molar-refractivity contribution in [3.8, 4) is 0 Å². The molecular weight excluding hydrogens is 394 g/mol. The molecule has 0 atom stereocenters. The summed E-state index contributed by atoms with van der Waals surface area (Å²) in [5, 5.41) is 6.62. The van der Waals surface area contributed by atoms with Crippen LogP contribution in [0.2, 0.25) is 0 Å². The number of benzene rings is 2. The van der Waals surface area contributed by atoms with E-state index >= 15 is 0 Å². The summed E-state index contributed by atoms with van der Waals surface area (Å²) in [5.41, 5.74) is 4.45. The van der Waals surface area contributed by atoms with Gasteiger partial charge < -0.3 is 15.6 Å². The molecule has 0 aliphatic carbocycles. The molecule has 6 heteroatoms. The lowest BCUT2D eigenvalue weighted by molar-refractivity contribution is -0.116. The van der Waals surface area contributed by atoms with Crippen molar-refractivity contribution in [2.24, 2.45) is 0 Å². The Labute approximate surface area is 160 Å². The van der Waals surface area contributed by atoms with Crippen LogP contribution >= 0.6 is 15.9 Å². The summed E-state index contributed by atoms with van der Waals surface area (Å²) < 4.78 is 0.950. The number of anilines is 1. The van der Waals surface area contributed by atoms with Crippen LogP contribution in [-0.2, 0) is 4.79 Å². The number of halogens is 1. The number of aryl methyl sites for hydroxylation is 2. The second kappa shape index (κ2) is 7.74. The molecule has 3 aromatic rings. The molecule has 3 rings (SSSR count). The van der Waals surface area contributed by atoms with Gasteiger partial charge in [-0.1, -0.05) is 22.0 Å². The highest BCUT2D eigenvalue weighted by Crippen LogP contribution is 2.21. The molecule has 0 fully saturated rings. The Kier molecular flexibility index (Phi) is 5.42. The predicted molar refractivity (Wildman–Crippen MR) is 107 cm³/mol. The Morgan fingerprint density at radius 1 is 1.08 bits per heavy atom. The summed E-state index contributed by atoms with van der Waals surface area (Å²) in [6.45, 7) is 4.32. The van der Waals surface area contributed by atoms with Crippen LogP contribution in [-0.4, -0.2) is 23.3 Å². The van der Waals surface area contributed by atoms with Gasteiger partial charge in [-0.25, -0.2) is 0 Å². The highest BCUT2D eigenvalue weighted by atomic mass is 79.9. The molecule has 5 nitrogen and oxygen atoms in total. The van der Waals surface area contributed by atoms with Crippen LogP contribution in [0.3, 0.4) is 0 Å². The predicted octanol–water partition coefficient (Wildman–Crippen LogP) is 4.31. The first-order valence-corrected chi connectivity index (χ1v) is 9.15. The molecule has 2 aromatic carbocycles. The first-order chi connectivity index (χ1) is 12.4. The van der Waals surface area contributed by atoms with Gasteiger partial charge in [0.05, 0.1) is 0 Å². The van der Waals surface area contributed by atoms with E-state index in [4.69, 9.17) is 0 Å². The quantitative estimate of drug-likeness (QED) is 0.582. The fourth-order valence-electron chi connectivity index (χ4n) is 2.86. The van der Waals surface area contributed by atoms with Crippen molar-refractivity contribution in [1.82, 2.24) is 10.3 Å². The van der Waals surface area contributed by atoms with Gasteiger partial charge in [0.1, 0.15) is 5.69 Å². The molecule has 0 radical (unpaired) electrons. The summed E-state index contributed by atoms with van der Waals surface area (Å²) in [5.74, 6) is -0.356. The number of hydrogen-bond acceptors (Lipinski definition) is 2. The molecular formula is C20H20BrN3O2. The van der Waals surface area contributed by atoms with E-state index in [1.165, 1.54) is 0 Å². The average molecular weight is 414 g/mol. The van der Waals surface area contributed by atoms with Crippen molar-refractivity contribution in [3.05, 3.63) is 63.8 Å². The van der Waals surface area contributed by atoms with Crippen LogP contribution in [0.4, 0.5) is 5.69 Å². The van der Waals surface area contributed by atoms with Crippen molar-refractivity contribution >= 4 is 44.3 Å². The fraction of sp³-hybridized carbons (Fsp3) is 0.200. The first-order valence-electron chi connectivity index (χ1n) is 8.36. The summed E-state index contributed by atoms with van der Waals surface area (Å²) in [6, 6.07) is 13.3. The number of carbonyl (C=O) groups excluding carboxylic acids is 2. The third-order valence-corrected chi connectivity index (χ3v) is 4.63. The Balaban J connectivity index is 1.54. The molecule has 0 bridgehead atoms. The van der Waals surface area contributed by atoms with Gasteiger partial charge in [0.2, 0.25) is 5.91 Å². The molecule has 0 aliphatic rings. The highest BCUT2D eigenvalue weighted by molar-refractivity contribution is 9.10. The van der Waals surface area contributed by atoms with Crippen LogP contribution in [0.25, 0.3) is 10.9 Å². The van der Waals surface area contributed by atoms with E-state index in [0.29, 0.717) is 5.69 Å². The van der Waals surface area contributed by atoms with Gasteiger partial charge in [0, 0.05) is 34.0 Å². The van der Waals surface area contributed by atoms with Crippen molar-refractivity contribution in [2.45, 2.75) is 20.3 Å². The lowest BCUT2D eigenvalue weighted by Gasteiger charge is -2.06. The monoisotopic (exact) mass is 413 g/mol. The topological polar surface area (TPSA) is 74.0 Å². The fourth-order valence-corrected chi connectivity index (χ4v) is 3.13. The van der Waals surface area contributed by atoms with E-state index in [-0.39, 0.29) is 24.8 Å². The maximum absolute atomic E-state index is 12.3. The normalized spacial score (nSPS) is 10.7. The Hall–Kier alpha value is -2.60. The summed E-state index contributed by atoms with van der Waals surface area (Å²) in [6.07, 6.45) is 0.209. The molecule has 3 N–H and O–H groups in total. The zero-order chi connectivity index (χ0) is 18.7. The van der Waals surface area contributed by atoms with Crippen LogP contribution < -0.4 is 10.6 Å². The van der Waals surface area contributed by atoms with E-state index in [2.05, 4.69) is 37.6 Å². The number of carbonyl (C=O) groups is 2. The maximum atomic E-state index is 12.3. The first kappa shape index (κ1) is 18.2. The molecule has 134 valence electrons. The zero-order valence-electron chi connectivity index (χ0n) is 14.7. The van der Waals surface area contributed by atoms with Crippen molar-refractivity contribution in [2.75, 3.05) is 11.9 Å². The van der Waals surface area contributed by atoms with Gasteiger partial charge in [-0.3, -0.25) is 9.59 Å². The smallest absolute Gasteiger partial charge is 0.267 e. The second-order valence-corrected chi connectivity index (χ2v) is 7.20. The molecule has 26 heavy (non-hydrogen) atoms. The summed E-state index contributed by atoms with van der Waals surface area (Å²) in [4.78, 5) is 27.4. The van der Waals surface area contributed by atoms with Gasteiger partial charge in [-0.15, -0.1) is 0 Å². The molecule has 0 aliphatic heterocycles. The van der Waals surface area contributed by atoms with E-state index < -0.39 is 0 Å². The number of H-pyrrole nitrogens is 1. The van der Waals surface area contributed by atoms with E-state index in [1.54, 1.807) is 0 Å². The molecule has 0 unspecified atom stereocenters. The number of hydrogen-bond donors (Lipinski definition) is 3. The minimum Gasteiger partial charge on any atom is -0.351 e. The Morgan fingerprint density at radius 3 is 2.54 bits per heavy atom. The average Bonchev–Trinajstić information content (AvgIpc) is 3.01. The standard InChI is InChI=1S/C20H20BrN3O2/c1-12-9-13(2)16-11-18(24-17(16)10-12)20(26)22-8-7-19(25)23-15-5-3-14(21)4-6-15/h3-6,9-11,24H,7-8H2,1-2H3,(H,22,26)(H,23,25). The van der Waals surface area contributed by atoms with Crippen molar-refractivity contribution in [1.29, 1.82) is 0 Å². The van der Waals surface area contributed by atoms with Gasteiger partial charge >= 0.3 is 0 Å². The number of nitrogens with one attached hydrogen (secondary N) is 3. The molecule has 2 amide bonds. The molecule has 1 aromatic heterocycles. The lowest BCUT2D eigenvalue weighted by Crippen LogP contribution is -2.27. The minimum atomic E-state index is -0.213. The van der Waals surface area contributed by atoms with E-state index in [1.807, 2.05) is 50.2 Å². The van der Waals surface area contributed by atoms with Gasteiger partial charge in [-0.2, -0.15) is 0 Å². The minimum absolute atomic E-state index is 0.143. The SMILES string of the molecule is Cc1cc(C)c2cc(C(=O)NCCC(=O)Nc3ccc(Br)cc3)[nH]c2c1. The van der Waals surface area contributed by atoms with Gasteiger partial charge in [0.15, 0.2) is 0 Å². The molecule has 0 spiro atoms. The molecule has 1 heterocycles. The third-order valence-electron chi connectivity index (χ3n) is 4.10. The number of aromatic amines is 1. The van der Waals surface area contributed by atoms with Crippen LogP contribution in [0.15, 0.2) is 46.9 Å². The Bertz CT molecular complexity index is 961. The zero-order valence-corrected chi connectivity index (χ0v) is 16.2. The molecule has 0 saturated carbocycles. The second-order valence-electron chi connectivity index (χ2n) is 6.29. The van der Waals surface area contributed by atoms with E-state index in [9.17, 15) is 9.59 Å². The largest absolute Gasteiger partial charge is 0.351 e. The maximum Gasteiger partial charge on any atom is 0.267 e. The molecule has 0 saturated heterocycles. The summed E-state index contributed by atoms with van der Waals surface area (Å²) >= 11 is 3.35. The lowest BCUT2D eigenvalue weighted by atomic mass is 10.1. The third kappa shape index (κ3) is 4.32. The number of rotatable bonds is 5.